The highest BCUT2D eigenvalue weighted by Crippen LogP contribution is 2.38. The van der Waals surface area contributed by atoms with Crippen LogP contribution in [0.15, 0.2) is 40.9 Å². The summed E-state index contributed by atoms with van der Waals surface area (Å²) >= 11 is 3.47. The topological polar surface area (TPSA) is 20.3 Å². The van der Waals surface area contributed by atoms with Crippen LogP contribution in [0.1, 0.15) is 15.9 Å². The molecule has 0 amide bonds. The Morgan fingerprint density at radius 1 is 1.16 bits per heavy atom. The lowest BCUT2D eigenvalue weighted by Crippen LogP contribution is -2.14. The highest BCUT2D eigenvalue weighted by atomic mass is 79.9. The molecule has 0 spiro atoms. The van der Waals surface area contributed by atoms with Gasteiger partial charge in [0, 0.05) is 22.3 Å². The van der Waals surface area contributed by atoms with Gasteiger partial charge in [-0.15, -0.1) is 0 Å². The number of halogens is 2. The van der Waals surface area contributed by atoms with Crippen LogP contribution in [0.2, 0.25) is 0 Å². The first kappa shape index (κ1) is 12.4. The predicted molar refractivity (Wildman–Crippen MR) is 76.6 cm³/mol. The van der Waals surface area contributed by atoms with Gasteiger partial charge >= 0.3 is 0 Å². The first-order valence-electron chi connectivity index (χ1n) is 6.00. The molecule has 0 saturated carbocycles. The second kappa shape index (κ2) is 4.78. The summed E-state index contributed by atoms with van der Waals surface area (Å²) in [6, 6.07) is 10.3. The van der Waals surface area contributed by atoms with Crippen molar-refractivity contribution in [2.24, 2.45) is 0 Å². The van der Waals surface area contributed by atoms with Crippen molar-refractivity contribution >= 4 is 33.6 Å². The third-order valence-electron chi connectivity index (χ3n) is 3.34. The zero-order valence-electron chi connectivity index (χ0n) is 10.1. The molecule has 0 saturated heterocycles. The second-order valence-corrected chi connectivity index (χ2v) is 5.36. The first-order chi connectivity index (χ1) is 9.19. The third-order valence-corrected chi connectivity index (χ3v) is 3.98. The van der Waals surface area contributed by atoms with Gasteiger partial charge in [-0.2, -0.15) is 0 Å². The number of aldehydes is 1. The third kappa shape index (κ3) is 2.16. The summed E-state index contributed by atoms with van der Waals surface area (Å²) in [5, 5.41) is 0. The molecule has 96 valence electrons. The van der Waals surface area contributed by atoms with Crippen molar-refractivity contribution in [3.05, 3.63) is 57.8 Å². The van der Waals surface area contributed by atoms with E-state index in [1.807, 2.05) is 12.1 Å². The number of fused-ring (bicyclic) bond motifs is 1. The molecular weight excluding hydrogens is 309 g/mol. The molecule has 0 aliphatic carbocycles. The number of hydrogen-bond acceptors (Lipinski definition) is 2. The lowest BCUT2D eigenvalue weighted by atomic mass is 10.1. The van der Waals surface area contributed by atoms with Crippen molar-refractivity contribution in [2.75, 3.05) is 11.4 Å². The largest absolute Gasteiger partial charge is 0.340 e. The molecule has 0 unspecified atom stereocenters. The Labute approximate surface area is 119 Å². The number of anilines is 2. The average molecular weight is 320 g/mol. The smallest absolute Gasteiger partial charge is 0.150 e. The van der Waals surface area contributed by atoms with Crippen molar-refractivity contribution in [2.45, 2.75) is 6.42 Å². The minimum absolute atomic E-state index is 0.230. The molecule has 1 heterocycles. The van der Waals surface area contributed by atoms with E-state index in [0.29, 0.717) is 5.56 Å². The number of nitrogens with zero attached hydrogens (tertiary/aromatic N) is 1. The van der Waals surface area contributed by atoms with Crippen LogP contribution in [0.5, 0.6) is 0 Å². The maximum atomic E-state index is 13.4. The Morgan fingerprint density at radius 2 is 2.00 bits per heavy atom. The summed E-state index contributed by atoms with van der Waals surface area (Å²) in [6.07, 6.45) is 1.71. The molecular formula is C15H11BrFNO. The molecule has 3 rings (SSSR count). The number of benzene rings is 2. The van der Waals surface area contributed by atoms with Gasteiger partial charge < -0.3 is 4.90 Å². The van der Waals surface area contributed by atoms with Crippen LogP contribution in [-0.4, -0.2) is 12.8 Å². The van der Waals surface area contributed by atoms with E-state index in [0.717, 1.165) is 40.7 Å². The van der Waals surface area contributed by atoms with E-state index in [9.17, 15) is 9.18 Å². The Hall–Kier alpha value is -1.68. The molecule has 2 nitrogen and oxygen atoms in total. The van der Waals surface area contributed by atoms with Gasteiger partial charge in [-0.05, 0) is 58.2 Å². The van der Waals surface area contributed by atoms with E-state index in [2.05, 4.69) is 20.8 Å². The van der Waals surface area contributed by atoms with Crippen LogP contribution in [0, 0.1) is 5.82 Å². The van der Waals surface area contributed by atoms with Crippen molar-refractivity contribution < 1.29 is 9.18 Å². The van der Waals surface area contributed by atoms with Gasteiger partial charge in [-0.25, -0.2) is 4.39 Å². The number of hydrogen-bond donors (Lipinski definition) is 0. The summed E-state index contributed by atoms with van der Waals surface area (Å²) in [4.78, 5) is 12.8. The minimum Gasteiger partial charge on any atom is -0.340 e. The molecule has 4 heteroatoms. The molecule has 0 N–H and O–H groups in total. The second-order valence-electron chi connectivity index (χ2n) is 4.50. The highest BCUT2D eigenvalue weighted by Gasteiger charge is 2.22. The fourth-order valence-corrected chi connectivity index (χ4v) is 3.03. The van der Waals surface area contributed by atoms with Gasteiger partial charge in [0.2, 0.25) is 0 Å². The number of carbonyl (C=O) groups is 1. The molecule has 2 aromatic rings. The Balaban J connectivity index is 2.06. The van der Waals surface area contributed by atoms with Gasteiger partial charge in [0.1, 0.15) is 12.1 Å². The lowest BCUT2D eigenvalue weighted by molar-refractivity contribution is 0.112. The molecule has 0 bridgehead atoms. The normalized spacial score (nSPS) is 13.5. The van der Waals surface area contributed by atoms with Crippen molar-refractivity contribution in [3.8, 4) is 0 Å². The zero-order chi connectivity index (χ0) is 13.4. The SMILES string of the molecule is O=Cc1ccc(N2CCc3ccc(F)cc32)c(Br)c1. The molecule has 2 aromatic carbocycles. The summed E-state index contributed by atoms with van der Waals surface area (Å²) in [5.74, 6) is -0.230. The molecule has 1 aliphatic heterocycles. The standard InChI is InChI=1S/C15H11BrFNO/c16-13-7-10(9-19)1-4-14(13)18-6-5-11-2-3-12(17)8-15(11)18/h1-4,7-9H,5-6H2. The number of rotatable bonds is 2. The maximum Gasteiger partial charge on any atom is 0.150 e. The molecule has 1 aliphatic rings. The van der Waals surface area contributed by atoms with E-state index in [-0.39, 0.29) is 5.82 Å². The van der Waals surface area contributed by atoms with Crippen LogP contribution in [0.3, 0.4) is 0 Å². The quantitative estimate of drug-likeness (QED) is 0.777. The Morgan fingerprint density at radius 3 is 2.74 bits per heavy atom. The lowest BCUT2D eigenvalue weighted by Gasteiger charge is -2.21. The van der Waals surface area contributed by atoms with Crippen molar-refractivity contribution in [1.29, 1.82) is 0 Å². The van der Waals surface area contributed by atoms with E-state index >= 15 is 0 Å². The molecule has 0 fully saturated rings. The molecule has 19 heavy (non-hydrogen) atoms. The molecule has 0 atom stereocenters. The van der Waals surface area contributed by atoms with Crippen LogP contribution >= 0.6 is 15.9 Å². The fourth-order valence-electron chi connectivity index (χ4n) is 2.42. The van der Waals surface area contributed by atoms with Crippen molar-refractivity contribution in [3.63, 3.8) is 0 Å². The van der Waals surface area contributed by atoms with Gasteiger partial charge in [0.05, 0.1) is 5.69 Å². The minimum atomic E-state index is -0.230. The molecule has 0 aromatic heterocycles. The van der Waals surface area contributed by atoms with Crippen LogP contribution < -0.4 is 4.90 Å². The van der Waals surface area contributed by atoms with Crippen LogP contribution in [0.4, 0.5) is 15.8 Å². The van der Waals surface area contributed by atoms with Crippen LogP contribution in [0.25, 0.3) is 0 Å². The van der Waals surface area contributed by atoms with E-state index in [1.165, 1.54) is 6.07 Å². The predicted octanol–water partition coefficient (Wildman–Crippen LogP) is 4.09. The van der Waals surface area contributed by atoms with Crippen LogP contribution in [-0.2, 0) is 6.42 Å². The molecule has 0 radical (unpaired) electrons. The monoisotopic (exact) mass is 319 g/mol. The Bertz CT molecular complexity index is 657. The zero-order valence-corrected chi connectivity index (χ0v) is 11.7. The fraction of sp³-hybridized carbons (Fsp3) is 0.133. The number of carbonyl (C=O) groups excluding carboxylic acids is 1. The van der Waals surface area contributed by atoms with Crippen molar-refractivity contribution in [1.82, 2.24) is 0 Å². The van der Waals surface area contributed by atoms with Gasteiger partial charge in [0.15, 0.2) is 0 Å². The average Bonchev–Trinajstić information content (AvgIpc) is 2.81. The maximum absolute atomic E-state index is 13.4. The Kier molecular flexibility index (Phi) is 3.11. The summed E-state index contributed by atoms with van der Waals surface area (Å²) in [5.41, 5.74) is 3.62. The van der Waals surface area contributed by atoms with E-state index in [4.69, 9.17) is 0 Å². The summed E-state index contributed by atoms with van der Waals surface area (Å²) in [6.45, 7) is 0.817. The van der Waals surface area contributed by atoms with Gasteiger partial charge in [-0.3, -0.25) is 4.79 Å². The summed E-state index contributed by atoms with van der Waals surface area (Å²) in [7, 11) is 0. The van der Waals surface area contributed by atoms with E-state index < -0.39 is 0 Å². The van der Waals surface area contributed by atoms with Gasteiger partial charge in [-0.1, -0.05) is 6.07 Å². The highest BCUT2D eigenvalue weighted by molar-refractivity contribution is 9.10. The van der Waals surface area contributed by atoms with Gasteiger partial charge in [0.25, 0.3) is 0 Å². The van der Waals surface area contributed by atoms with E-state index in [1.54, 1.807) is 18.2 Å². The first-order valence-corrected chi connectivity index (χ1v) is 6.79. The summed E-state index contributed by atoms with van der Waals surface area (Å²) < 4.78 is 14.2.